The van der Waals surface area contributed by atoms with E-state index < -0.39 is 103 Å². The average Bonchev–Trinajstić information content (AvgIpc) is 3.74. The molecule has 286 valence electrons. The highest BCUT2D eigenvalue weighted by Crippen LogP contribution is 2.67. The maximum Gasteiger partial charge on any atom is 0.490 e. The monoisotopic (exact) mass is 804 g/mol. The van der Waals surface area contributed by atoms with Gasteiger partial charge in [0.15, 0.2) is 17.4 Å². The van der Waals surface area contributed by atoms with E-state index in [0.717, 1.165) is 15.5 Å². The molecule has 11 atom stereocenters. The summed E-state index contributed by atoms with van der Waals surface area (Å²) in [5.74, 6) is -0.314. The zero-order chi connectivity index (χ0) is 38.1. The van der Waals surface area contributed by atoms with Gasteiger partial charge in [-0.25, -0.2) is 28.0 Å². The Kier molecular flexibility index (Phi) is 10.1. The number of nitrogens with one attached hydrogen (secondary N) is 3. The molecule has 2 aliphatic rings. The second-order valence-electron chi connectivity index (χ2n) is 11.3. The minimum absolute atomic E-state index is 0.0546. The highest BCUT2D eigenvalue weighted by molar-refractivity contribution is 7.66. The SMILES string of the molecule is C[n+]1cn([C@@H]2O[C@H](COP(=O)(O)OP(=O)(O)OP(=O)(O)OC[C@H]3O[C@@H](n4cnc5c(=O)[nH]c(N)nc54)[C@@H](O)C3O)C(O)[C@@H]2O)c2[nH]c(=O)[nH]c(=O)c21. The van der Waals surface area contributed by atoms with Crippen molar-refractivity contribution in [1.82, 2.24) is 34.1 Å². The molecule has 2 saturated heterocycles. The van der Waals surface area contributed by atoms with Crippen molar-refractivity contribution in [1.29, 1.82) is 0 Å². The molecule has 4 aromatic rings. The number of aromatic nitrogens is 8. The van der Waals surface area contributed by atoms with E-state index >= 15 is 0 Å². The topological polar surface area (TPSA) is 412 Å². The molecule has 0 spiro atoms. The second-order valence-corrected chi connectivity index (χ2v) is 15.9. The van der Waals surface area contributed by atoms with Gasteiger partial charge in [0.25, 0.3) is 16.7 Å². The molecule has 2 aliphatic heterocycles. The van der Waals surface area contributed by atoms with Crippen molar-refractivity contribution in [3.05, 3.63) is 43.8 Å². The number of hydrogen-bond acceptors (Lipinski definition) is 19. The molecule has 0 aliphatic carbocycles. The first-order valence-electron chi connectivity index (χ1n) is 14.4. The van der Waals surface area contributed by atoms with E-state index in [4.69, 9.17) is 15.2 Å². The van der Waals surface area contributed by atoms with Gasteiger partial charge in [-0.05, 0) is 0 Å². The third-order valence-electron chi connectivity index (χ3n) is 7.70. The number of nitrogens with zero attached hydrogens (tertiary/aromatic N) is 5. The van der Waals surface area contributed by atoms with Crippen LogP contribution in [0.1, 0.15) is 12.5 Å². The van der Waals surface area contributed by atoms with E-state index in [9.17, 15) is 63.2 Å². The van der Waals surface area contributed by atoms with Gasteiger partial charge in [0.1, 0.15) is 36.6 Å². The number of aromatic amines is 3. The quantitative estimate of drug-likeness (QED) is 0.0472. The summed E-state index contributed by atoms with van der Waals surface area (Å²) in [7, 11) is -16.0. The van der Waals surface area contributed by atoms with E-state index in [1.165, 1.54) is 17.9 Å². The molecule has 28 nitrogen and oxygen atoms in total. The summed E-state index contributed by atoms with van der Waals surface area (Å²) in [6.07, 6.45) is -11.2. The Hall–Kier alpha value is -3.53. The number of hydrogen-bond donors (Lipinski definition) is 11. The number of fused-ring (bicyclic) bond motifs is 2. The van der Waals surface area contributed by atoms with Crippen molar-refractivity contribution in [2.45, 2.75) is 49.1 Å². The Balaban J connectivity index is 1.05. The lowest BCUT2D eigenvalue weighted by Crippen LogP contribution is -2.34. The molecule has 0 saturated carbocycles. The minimum Gasteiger partial charge on any atom is -0.387 e. The van der Waals surface area contributed by atoms with E-state index in [0.29, 0.717) is 0 Å². The average molecular weight is 804 g/mol. The first kappa shape index (κ1) is 38.2. The van der Waals surface area contributed by atoms with Gasteiger partial charge in [0.05, 0.1) is 26.6 Å². The largest absolute Gasteiger partial charge is 0.490 e. The molecular weight excluding hydrogens is 775 g/mol. The van der Waals surface area contributed by atoms with Crippen LogP contribution in [0.25, 0.3) is 22.3 Å². The predicted molar refractivity (Wildman–Crippen MR) is 162 cm³/mol. The van der Waals surface area contributed by atoms with Crippen molar-refractivity contribution in [3.8, 4) is 0 Å². The molecule has 2 fully saturated rings. The lowest BCUT2D eigenvalue weighted by atomic mass is 10.1. The molecule has 0 amide bonds. The maximum absolute atomic E-state index is 12.5. The molecule has 6 heterocycles. The third kappa shape index (κ3) is 7.46. The number of nitrogen functional groups attached to an aromatic ring is 1. The normalized spacial score (nSPS) is 30.1. The van der Waals surface area contributed by atoms with Gasteiger partial charge in [-0.15, -0.1) is 0 Å². The zero-order valence-corrected chi connectivity index (χ0v) is 28.6. The van der Waals surface area contributed by atoms with Crippen LogP contribution in [0.4, 0.5) is 5.95 Å². The van der Waals surface area contributed by atoms with Gasteiger partial charge in [-0.2, -0.15) is 18.2 Å². The Bertz CT molecular complexity index is 2340. The summed E-state index contributed by atoms with van der Waals surface area (Å²) < 4.78 is 68.8. The number of nitrogens with two attached hydrogens (primary N) is 1. The van der Waals surface area contributed by atoms with Crippen LogP contribution >= 0.6 is 23.5 Å². The lowest BCUT2D eigenvalue weighted by Gasteiger charge is -2.21. The van der Waals surface area contributed by atoms with Gasteiger partial charge in [-0.3, -0.25) is 38.2 Å². The number of phosphoric ester groups is 2. The summed E-state index contributed by atoms with van der Waals surface area (Å²) in [6.45, 7) is -2.21. The van der Waals surface area contributed by atoms with Crippen LogP contribution < -0.4 is 27.1 Å². The predicted octanol–water partition coefficient (Wildman–Crippen LogP) is -4.84. The van der Waals surface area contributed by atoms with Crippen LogP contribution in [0, 0.1) is 0 Å². The Morgan fingerprint density at radius 2 is 1.37 bits per heavy atom. The lowest BCUT2D eigenvalue weighted by molar-refractivity contribution is -0.646. The van der Waals surface area contributed by atoms with Crippen LogP contribution in [-0.2, 0) is 47.9 Å². The fourth-order valence-electron chi connectivity index (χ4n) is 5.46. The first-order valence-corrected chi connectivity index (χ1v) is 18.8. The van der Waals surface area contributed by atoms with Gasteiger partial charge < -0.3 is 50.3 Å². The molecule has 0 bridgehead atoms. The molecule has 4 aromatic heterocycles. The van der Waals surface area contributed by atoms with Crippen molar-refractivity contribution in [2.75, 3.05) is 18.9 Å². The minimum atomic E-state index is -6.02. The summed E-state index contributed by atoms with van der Waals surface area (Å²) in [6, 6.07) is 0. The van der Waals surface area contributed by atoms with Crippen LogP contribution in [-0.4, -0.2) is 119 Å². The number of rotatable bonds is 12. The fourth-order valence-corrected chi connectivity index (χ4v) is 8.98. The smallest absolute Gasteiger partial charge is 0.387 e. The van der Waals surface area contributed by atoms with Crippen LogP contribution in [0.15, 0.2) is 27.0 Å². The van der Waals surface area contributed by atoms with Crippen molar-refractivity contribution in [3.63, 3.8) is 0 Å². The molecule has 52 heavy (non-hydrogen) atoms. The number of phosphoric acid groups is 3. The molecule has 6 rings (SSSR count). The summed E-state index contributed by atoms with van der Waals surface area (Å²) >= 11 is 0. The van der Waals surface area contributed by atoms with Crippen LogP contribution in [0.3, 0.4) is 0 Å². The number of ether oxygens (including phenoxy) is 2. The van der Waals surface area contributed by atoms with Crippen LogP contribution in [0.5, 0.6) is 0 Å². The molecular formula is C21H29N9O19P3+. The molecule has 0 radical (unpaired) electrons. The van der Waals surface area contributed by atoms with Gasteiger partial charge in [-0.1, -0.05) is 0 Å². The van der Waals surface area contributed by atoms with E-state index in [-0.39, 0.29) is 28.3 Å². The third-order valence-corrected chi connectivity index (χ3v) is 11.9. The van der Waals surface area contributed by atoms with Crippen molar-refractivity contribution >= 4 is 51.7 Å². The number of imidazole rings is 2. The maximum atomic E-state index is 12.5. The van der Waals surface area contributed by atoms with Gasteiger partial charge in [0.2, 0.25) is 18.5 Å². The Morgan fingerprint density at radius 3 is 1.92 bits per heavy atom. The standard InChI is InChI=1S/C21H28N9O19P3/c1-28-5-30(15-9(28)17(36)27-21(37)25-15)19-13(34)11(32)7(47-19)3-45-51(40,41)49-52(42,43)48-50(38,39)44-2-6-10(31)12(33)18(46-6)29-4-23-8-14(29)24-20(22)26-16(8)35/h4-7,10-13,18-19,31-34H,2-3H2,1H3,(H7-,22,24,25,26,27,35,36,37,38,39,40,41,42,43)/p+1/t6-,7-,10?,11?,12+,13+,18-,19-/m1/s1. The summed E-state index contributed by atoms with van der Waals surface area (Å²) in [5, 5.41) is 42.0. The van der Waals surface area contributed by atoms with E-state index in [1.54, 1.807) is 0 Å². The molecule has 12 N–H and O–H groups in total. The zero-order valence-electron chi connectivity index (χ0n) is 25.9. The second kappa shape index (κ2) is 13.7. The Labute approximate surface area is 285 Å². The molecule has 31 heteroatoms. The summed E-state index contributed by atoms with van der Waals surface area (Å²) in [4.78, 5) is 80.3. The number of anilines is 1. The summed E-state index contributed by atoms with van der Waals surface area (Å²) in [5.41, 5.74) is 2.56. The highest BCUT2D eigenvalue weighted by Gasteiger charge is 2.50. The number of aliphatic hydroxyl groups is 4. The van der Waals surface area contributed by atoms with Gasteiger partial charge >= 0.3 is 34.7 Å². The first-order chi connectivity index (χ1) is 24.2. The van der Waals surface area contributed by atoms with Crippen LogP contribution in [0.2, 0.25) is 0 Å². The van der Waals surface area contributed by atoms with Crippen molar-refractivity contribution < 1.29 is 80.5 Å². The van der Waals surface area contributed by atoms with Gasteiger partial charge in [0, 0.05) is 0 Å². The van der Waals surface area contributed by atoms with Crippen molar-refractivity contribution in [2.24, 2.45) is 7.05 Å². The molecule has 5 unspecified atom stereocenters. The molecule has 0 aromatic carbocycles. The Morgan fingerprint density at radius 1 is 0.827 bits per heavy atom. The fraction of sp³-hybridized carbons (Fsp3) is 0.524. The number of H-pyrrole nitrogens is 3. The number of aryl methyl sites for hydroxylation is 1. The highest BCUT2D eigenvalue weighted by atomic mass is 31.3. The van der Waals surface area contributed by atoms with E-state index in [1.807, 2.05) is 4.98 Å². The van der Waals surface area contributed by atoms with E-state index in [2.05, 4.69) is 37.6 Å². The number of aliphatic hydroxyl groups excluding tert-OH is 4.